The number of carbonyl (C=O) groups excluding carboxylic acids is 1. The highest BCUT2D eigenvalue weighted by Crippen LogP contribution is 2.24. The summed E-state index contributed by atoms with van der Waals surface area (Å²) >= 11 is 1.46. The second kappa shape index (κ2) is 5.82. The minimum absolute atomic E-state index is 0.0186. The van der Waals surface area contributed by atoms with E-state index in [1.165, 1.54) is 11.8 Å². The number of rotatable bonds is 5. The van der Waals surface area contributed by atoms with Crippen molar-refractivity contribution < 1.29 is 9.21 Å². The van der Waals surface area contributed by atoms with Crippen molar-refractivity contribution in [2.45, 2.75) is 24.6 Å². The number of carbonyl (C=O) groups is 1. The summed E-state index contributed by atoms with van der Waals surface area (Å²) in [5.74, 6) is 1.44. The number of hydrogen-bond acceptors (Lipinski definition) is 5. The van der Waals surface area contributed by atoms with Gasteiger partial charge in [-0.3, -0.25) is 4.79 Å². The van der Waals surface area contributed by atoms with E-state index in [1.54, 1.807) is 18.7 Å². The number of Topliss-reactive ketones (excluding diaryl/α,β-unsaturated/α-hetero) is 1. The fourth-order valence-corrected chi connectivity index (χ4v) is 2.28. The Balaban J connectivity index is 2.15. The van der Waals surface area contributed by atoms with E-state index in [0.29, 0.717) is 16.5 Å². The summed E-state index contributed by atoms with van der Waals surface area (Å²) in [7, 11) is 0. The maximum absolute atomic E-state index is 12.0. The highest BCUT2D eigenvalue weighted by Gasteiger charge is 2.17. The Morgan fingerprint density at radius 3 is 2.83 bits per heavy atom. The van der Waals surface area contributed by atoms with Crippen LogP contribution >= 0.6 is 11.8 Å². The third-order valence-corrected chi connectivity index (χ3v) is 3.35. The Kier molecular flexibility index (Phi) is 4.15. The van der Waals surface area contributed by atoms with Gasteiger partial charge in [0.05, 0.1) is 12.0 Å². The third kappa shape index (κ3) is 2.98. The first-order valence-corrected chi connectivity index (χ1v) is 6.67. The van der Waals surface area contributed by atoms with Crippen LogP contribution in [0.2, 0.25) is 0 Å². The summed E-state index contributed by atoms with van der Waals surface area (Å²) in [6.45, 7) is 3.72. The van der Waals surface area contributed by atoms with E-state index in [1.807, 2.05) is 26.0 Å². The molecule has 5 heteroatoms. The summed E-state index contributed by atoms with van der Waals surface area (Å²) in [5, 5.41) is 0.660. The lowest BCUT2D eigenvalue weighted by atomic mass is 10.1. The molecule has 0 radical (unpaired) electrons. The van der Waals surface area contributed by atoms with Crippen molar-refractivity contribution >= 4 is 17.5 Å². The smallest absolute Gasteiger partial charge is 0.186 e. The molecule has 0 spiro atoms. The Morgan fingerprint density at radius 1 is 1.39 bits per heavy atom. The van der Waals surface area contributed by atoms with Crippen LogP contribution in [-0.4, -0.2) is 15.8 Å². The average Bonchev–Trinajstić information content (AvgIpc) is 2.89. The van der Waals surface area contributed by atoms with Crippen molar-refractivity contribution in [2.24, 2.45) is 5.92 Å². The van der Waals surface area contributed by atoms with Gasteiger partial charge in [0.1, 0.15) is 16.5 Å². The summed E-state index contributed by atoms with van der Waals surface area (Å²) in [6, 6.07) is 3.74. The van der Waals surface area contributed by atoms with Crippen LogP contribution in [0.4, 0.5) is 0 Å². The summed E-state index contributed by atoms with van der Waals surface area (Å²) in [5.41, 5.74) is 0.448. The van der Waals surface area contributed by atoms with E-state index in [0.717, 1.165) is 5.76 Å². The Morgan fingerprint density at radius 2 is 2.17 bits per heavy atom. The van der Waals surface area contributed by atoms with Crippen LogP contribution in [-0.2, 0) is 5.75 Å². The number of hydrogen-bond donors (Lipinski definition) is 0. The van der Waals surface area contributed by atoms with Gasteiger partial charge in [-0.05, 0) is 12.1 Å². The van der Waals surface area contributed by atoms with E-state index >= 15 is 0 Å². The van der Waals surface area contributed by atoms with Crippen molar-refractivity contribution in [2.75, 3.05) is 0 Å². The molecule has 0 aliphatic heterocycles. The Bertz CT molecular complexity index is 524. The second-order valence-corrected chi connectivity index (χ2v) is 5.06. The Hall–Kier alpha value is -1.62. The van der Waals surface area contributed by atoms with Crippen molar-refractivity contribution in [1.29, 1.82) is 0 Å². The molecule has 2 rings (SSSR count). The molecule has 0 N–H and O–H groups in total. The van der Waals surface area contributed by atoms with E-state index in [4.69, 9.17) is 4.42 Å². The molecule has 2 aromatic heterocycles. The maximum atomic E-state index is 12.0. The second-order valence-electron chi connectivity index (χ2n) is 4.10. The monoisotopic (exact) mass is 262 g/mol. The molecule has 0 amide bonds. The molecular weight excluding hydrogens is 248 g/mol. The molecule has 0 bridgehead atoms. The molecule has 2 heterocycles. The topological polar surface area (TPSA) is 56.0 Å². The van der Waals surface area contributed by atoms with E-state index in [9.17, 15) is 4.79 Å². The van der Waals surface area contributed by atoms with Crippen LogP contribution in [0, 0.1) is 5.92 Å². The van der Waals surface area contributed by atoms with E-state index < -0.39 is 0 Å². The number of nitrogens with zero attached hydrogens (tertiary/aromatic N) is 2. The third-order valence-electron chi connectivity index (χ3n) is 2.35. The highest BCUT2D eigenvalue weighted by atomic mass is 32.2. The maximum Gasteiger partial charge on any atom is 0.186 e. The molecule has 4 nitrogen and oxygen atoms in total. The lowest BCUT2D eigenvalue weighted by Gasteiger charge is -2.07. The van der Waals surface area contributed by atoms with Gasteiger partial charge in [0.15, 0.2) is 5.78 Å². The SMILES string of the molecule is CC(C)C(=O)c1nccnc1SCc1ccco1. The number of aromatic nitrogens is 2. The molecule has 0 fully saturated rings. The molecule has 2 aromatic rings. The molecule has 0 unspecified atom stereocenters. The molecule has 0 saturated heterocycles. The molecule has 0 aromatic carbocycles. The number of thioether (sulfide) groups is 1. The van der Waals surface area contributed by atoms with Gasteiger partial charge in [-0.1, -0.05) is 25.6 Å². The lowest BCUT2D eigenvalue weighted by molar-refractivity contribution is 0.0930. The van der Waals surface area contributed by atoms with Gasteiger partial charge in [0.2, 0.25) is 0 Å². The lowest BCUT2D eigenvalue weighted by Crippen LogP contribution is -2.11. The zero-order valence-electron chi connectivity index (χ0n) is 10.3. The van der Waals surface area contributed by atoms with Crippen LogP contribution in [0.25, 0.3) is 0 Å². The predicted molar refractivity (Wildman–Crippen MR) is 69.5 cm³/mol. The molecular formula is C13H14N2O2S. The van der Waals surface area contributed by atoms with E-state index in [2.05, 4.69) is 9.97 Å². The van der Waals surface area contributed by atoms with Gasteiger partial charge in [0, 0.05) is 18.3 Å². The first kappa shape index (κ1) is 12.8. The normalized spacial score (nSPS) is 10.8. The quantitative estimate of drug-likeness (QED) is 0.611. The van der Waals surface area contributed by atoms with Crippen molar-refractivity contribution in [3.8, 4) is 0 Å². The van der Waals surface area contributed by atoms with Crippen molar-refractivity contribution in [3.05, 3.63) is 42.2 Å². The highest BCUT2D eigenvalue weighted by molar-refractivity contribution is 7.98. The van der Waals surface area contributed by atoms with Crippen molar-refractivity contribution in [1.82, 2.24) is 9.97 Å². The molecule has 0 saturated carbocycles. The van der Waals surface area contributed by atoms with Crippen LogP contribution in [0.5, 0.6) is 0 Å². The minimum atomic E-state index is -0.0790. The standard InChI is InChI=1S/C13H14N2O2S/c1-9(2)12(16)11-13(15-6-5-14-11)18-8-10-4-3-7-17-10/h3-7,9H,8H2,1-2H3. The van der Waals surface area contributed by atoms with E-state index in [-0.39, 0.29) is 11.7 Å². The first-order chi connectivity index (χ1) is 8.68. The van der Waals surface area contributed by atoms with Crippen LogP contribution in [0.3, 0.4) is 0 Å². The largest absolute Gasteiger partial charge is 0.468 e. The average molecular weight is 262 g/mol. The van der Waals surface area contributed by atoms with Gasteiger partial charge >= 0.3 is 0 Å². The summed E-state index contributed by atoms with van der Waals surface area (Å²) in [4.78, 5) is 20.3. The number of ketones is 1. The zero-order valence-corrected chi connectivity index (χ0v) is 11.1. The Labute approximate surface area is 110 Å². The molecule has 0 aliphatic rings. The summed E-state index contributed by atoms with van der Waals surface area (Å²) < 4.78 is 5.25. The van der Waals surface area contributed by atoms with Gasteiger partial charge < -0.3 is 4.42 Å². The van der Waals surface area contributed by atoms with Crippen LogP contribution in [0.15, 0.2) is 40.2 Å². The first-order valence-electron chi connectivity index (χ1n) is 5.69. The zero-order chi connectivity index (χ0) is 13.0. The predicted octanol–water partition coefficient (Wildman–Crippen LogP) is 3.20. The van der Waals surface area contributed by atoms with Crippen LogP contribution < -0.4 is 0 Å². The van der Waals surface area contributed by atoms with Gasteiger partial charge in [-0.15, -0.1) is 0 Å². The molecule has 0 atom stereocenters. The fraction of sp³-hybridized carbons (Fsp3) is 0.308. The fourth-order valence-electron chi connectivity index (χ4n) is 1.41. The number of furan rings is 1. The van der Waals surface area contributed by atoms with Gasteiger partial charge in [-0.2, -0.15) is 0 Å². The van der Waals surface area contributed by atoms with Gasteiger partial charge in [-0.25, -0.2) is 9.97 Å². The summed E-state index contributed by atoms with van der Waals surface area (Å²) in [6.07, 6.45) is 4.78. The van der Waals surface area contributed by atoms with Gasteiger partial charge in [0.25, 0.3) is 0 Å². The molecule has 94 valence electrons. The molecule has 18 heavy (non-hydrogen) atoms. The minimum Gasteiger partial charge on any atom is -0.468 e. The van der Waals surface area contributed by atoms with Crippen LogP contribution in [0.1, 0.15) is 30.1 Å². The molecule has 0 aliphatic carbocycles. The van der Waals surface area contributed by atoms with Crippen molar-refractivity contribution in [3.63, 3.8) is 0 Å².